The van der Waals surface area contributed by atoms with Crippen molar-refractivity contribution in [1.29, 1.82) is 0 Å². The first-order chi connectivity index (χ1) is 28.6. The quantitative estimate of drug-likeness (QED) is 0.0929. The zero-order chi connectivity index (χ0) is 44.2. The molecule has 12 nitrogen and oxygen atoms in total. The molecule has 0 radical (unpaired) electrons. The van der Waals surface area contributed by atoms with Crippen LogP contribution in [0.4, 0.5) is 11.4 Å². The van der Waals surface area contributed by atoms with Crippen LogP contribution < -0.4 is 34.5 Å². The number of anilines is 1. The number of allylic oxidation sites excluding steroid dienone is 8. The van der Waals surface area contributed by atoms with Crippen molar-refractivity contribution in [2.24, 2.45) is 0 Å². The normalized spacial score (nSPS) is 18.3. The van der Waals surface area contributed by atoms with E-state index in [1.54, 1.807) is 36.4 Å². The van der Waals surface area contributed by atoms with Crippen LogP contribution in [-0.2, 0) is 44.2 Å². The molecule has 1 aliphatic carbocycles. The number of carboxylic acid groups (broad SMARTS) is 2. The first kappa shape index (κ1) is 46.9. The largest absolute Gasteiger partial charge is 1.00 e. The number of benzene rings is 4. The minimum absolute atomic E-state index is 0. The third-order valence-electron chi connectivity index (χ3n) is 11.7. The summed E-state index contributed by atoms with van der Waals surface area (Å²) in [4.78, 5) is 24.5. The Morgan fingerprint density at radius 3 is 1.94 bits per heavy atom. The molecule has 0 saturated heterocycles. The van der Waals surface area contributed by atoms with Crippen molar-refractivity contribution in [1.82, 2.24) is 0 Å². The Bertz CT molecular complexity index is 2900. The van der Waals surface area contributed by atoms with Gasteiger partial charge in [-0.15, -0.1) is 0 Å². The smallest absolute Gasteiger partial charge is 0.744 e. The average Bonchev–Trinajstić information content (AvgIpc) is 3.53. The molecule has 4 aromatic rings. The van der Waals surface area contributed by atoms with Gasteiger partial charge in [0.15, 0.2) is 12.3 Å². The van der Waals surface area contributed by atoms with Crippen LogP contribution >= 0.6 is 11.6 Å². The molecule has 0 spiro atoms. The molecule has 7 rings (SSSR count). The van der Waals surface area contributed by atoms with Gasteiger partial charge in [-0.3, -0.25) is 4.55 Å². The van der Waals surface area contributed by atoms with Crippen molar-refractivity contribution in [3.63, 3.8) is 0 Å². The van der Waals surface area contributed by atoms with Gasteiger partial charge >= 0.3 is 41.5 Å². The Morgan fingerprint density at radius 1 is 0.774 bits per heavy atom. The van der Waals surface area contributed by atoms with Crippen LogP contribution in [0.3, 0.4) is 0 Å². The minimum atomic E-state index is -4.73. The van der Waals surface area contributed by atoms with Crippen molar-refractivity contribution >= 4 is 60.9 Å². The van der Waals surface area contributed by atoms with Gasteiger partial charge in [0.1, 0.15) is 10.1 Å². The van der Waals surface area contributed by atoms with Gasteiger partial charge in [0.05, 0.1) is 26.3 Å². The molecule has 0 atom stereocenters. The second-order valence-electron chi connectivity index (χ2n) is 16.4. The van der Waals surface area contributed by atoms with Crippen LogP contribution in [0.15, 0.2) is 141 Å². The zero-order valence-electron chi connectivity index (χ0n) is 34.7. The molecular formula is C46H43ClN2NaO10S2+. The third kappa shape index (κ3) is 9.20. The van der Waals surface area contributed by atoms with E-state index in [-0.39, 0.29) is 50.5 Å². The van der Waals surface area contributed by atoms with Crippen molar-refractivity contribution in [2.45, 2.75) is 80.7 Å². The third-order valence-corrected chi connectivity index (χ3v) is 13.9. The maximum atomic E-state index is 12.2. The summed E-state index contributed by atoms with van der Waals surface area (Å²) in [6.45, 7) is 8.49. The predicted octanol–water partition coefficient (Wildman–Crippen LogP) is 5.86. The predicted molar refractivity (Wildman–Crippen MR) is 230 cm³/mol. The number of fused-ring (bicyclic) bond motifs is 2. The Kier molecular flexibility index (Phi) is 13.2. The van der Waals surface area contributed by atoms with Crippen molar-refractivity contribution in [3.05, 3.63) is 164 Å². The summed E-state index contributed by atoms with van der Waals surface area (Å²) < 4.78 is 72.5. The Morgan fingerprint density at radius 2 is 1.35 bits per heavy atom. The van der Waals surface area contributed by atoms with Gasteiger partial charge in [0.2, 0.25) is 5.69 Å². The van der Waals surface area contributed by atoms with Crippen molar-refractivity contribution in [2.75, 3.05) is 4.90 Å². The van der Waals surface area contributed by atoms with Crippen LogP contribution in [0.25, 0.3) is 0 Å². The molecule has 316 valence electrons. The molecule has 62 heavy (non-hydrogen) atoms. The minimum Gasteiger partial charge on any atom is -0.744 e. The molecule has 4 aromatic carbocycles. The van der Waals surface area contributed by atoms with Gasteiger partial charge in [-0.1, -0.05) is 61.9 Å². The average molecular weight is 906 g/mol. The van der Waals surface area contributed by atoms with Crippen LogP contribution in [-0.4, -0.2) is 58.4 Å². The maximum Gasteiger partial charge on any atom is 1.00 e. The van der Waals surface area contributed by atoms with E-state index in [1.165, 1.54) is 48.5 Å². The second kappa shape index (κ2) is 17.5. The Hall–Kier alpha value is -4.64. The van der Waals surface area contributed by atoms with E-state index in [0.717, 1.165) is 45.8 Å². The number of aromatic carboxylic acids is 2. The Balaban J connectivity index is 0.00000641. The summed E-state index contributed by atoms with van der Waals surface area (Å²) in [5, 5.41) is 19.4. The summed E-state index contributed by atoms with van der Waals surface area (Å²) in [6, 6.07) is 21.9. The molecule has 0 fully saturated rings. The summed E-state index contributed by atoms with van der Waals surface area (Å²) in [7, 11) is -9.22. The van der Waals surface area contributed by atoms with Gasteiger partial charge in [0.25, 0.3) is 10.1 Å². The molecule has 3 aliphatic rings. The maximum absolute atomic E-state index is 12.2. The van der Waals surface area contributed by atoms with Gasteiger partial charge in [-0.25, -0.2) is 18.0 Å². The number of hydrogen-bond donors (Lipinski definition) is 3. The fourth-order valence-corrected chi connectivity index (χ4v) is 9.72. The number of nitrogens with zero attached hydrogens (tertiary/aromatic N) is 2. The van der Waals surface area contributed by atoms with E-state index < -0.39 is 43.0 Å². The monoisotopic (exact) mass is 905 g/mol. The van der Waals surface area contributed by atoms with E-state index >= 15 is 0 Å². The summed E-state index contributed by atoms with van der Waals surface area (Å²) in [5.74, 6) is -2.09. The summed E-state index contributed by atoms with van der Waals surface area (Å²) in [5.41, 5.74) is 6.58. The van der Waals surface area contributed by atoms with E-state index in [9.17, 15) is 45.7 Å². The number of hydrogen-bond acceptors (Lipinski definition) is 8. The second-order valence-corrected chi connectivity index (χ2v) is 19.5. The number of halogens is 1. The van der Waals surface area contributed by atoms with Crippen molar-refractivity contribution < 1.29 is 79.9 Å². The molecular weight excluding hydrogens is 863 g/mol. The summed E-state index contributed by atoms with van der Waals surface area (Å²) >= 11 is 7.20. The molecule has 2 heterocycles. The van der Waals surface area contributed by atoms with Gasteiger partial charge < -0.3 is 19.7 Å². The molecule has 0 bridgehead atoms. The van der Waals surface area contributed by atoms with Crippen LogP contribution in [0.5, 0.6) is 0 Å². The summed E-state index contributed by atoms with van der Waals surface area (Å²) in [6.07, 6.45) is 9.97. The number of carbonyl (C=O) groups is 2. The van der Waals surface area contributed by atoms with Crippen LogP contribution in [0, 0.1) is 0 Å². The number of rotatable bonds is 11. The van der Waals surface area contributed by atoms with E-state index in [1.807, 2.05) is 61.5 Å². The van der Waals surface area contributed by atoms with Crippen LogP contribution in [0.1, 0.15) is 89.9 Å². The molecule has 0 unspecified atom stereocenters. The van der Waals surface area contributed by atoms with Crippen molar-refractivity contribution in [3.8, 4) is 0 Å². The fraction of sp³-hybridized carbons (Fsp3) is 0.239. The molecule has 0 saturated carbocycles. The molecule has 2 aliphatic heterocycles. The Labute approximate surface area is 388 Å². The standard InChI is InChI=1S/C46H43ClN2O10S2.Na/c1-45(2)36-24-34(60(54,55)56)18-20-38(36)48(26-28-8-12-32(13-9-28)43(50)51)40(45)22-16-30-6-5-7-31(42(30)47)17-23-41-46(3,4)37-25-35(61(57,58)59)19-21-39(37)49(41)27-29-10-14-33(15-11-29)44(52)53;/h8-25H,5-7,26-27H2,1-4H3,(H3-,50,51,52,53,54,55,56,57,58,59);/q;+1. The van der Waals surface area contributed by atoms with Gasteiger partial charge in [0, 0.05) is 51.6 Å². The van der Waals surface area contributed by atoms with Gasteiger partial charge in [-0.05, 0) is 116 Å². The van der Waals surface area contributed by atoms with E-state index in [4.69, 9.17) is 11.6 Å². The SMILES string of the molecule is CC1(C)C(=CC=C2CCCC(C=CC3=[N+](Cc4ccc(C(=O)O)cc4)c4ccc(S(=O)(=O)[O-])cc4C3(C)C)=C2Cl)N(Cc2ccc(C(=O)O)cc2)c2ccc(S(=O)(=O)O)cc21.[Na+]. The first-order valence-electron chi connectivity index (χ1n) is 19.3. The van der Waals surface area contributed by atoms with Gasteiger partial charge in [-0.2, -0.15) is 13.0 Å². The first-order valence-corrected chi connectivity index (χ1v) is 22.6. The van der Waals surface area contributed by atoms with E-state index in [2.05, 4.69) is 0 Å². The fourth-order valence-electron chi connectivity index (χ4n) is 8.40. The molecule has 3 N–H and O–H groups in total. The molecule has 0 amide bonds. The zero-order valence-corrected chi connectivity index (χ0v) is 39.1. The molecule has 0 aromatic heterocycles. The van der Waals surface area contributed by atoms with E-state index in [0.29, 0.717) is 47.8 Å². The van der Waals surface area contributed by atoms with Crippen LogP contribution in [0.2, 0.25) is 0 Å². The molecule has 16 heteroatoms. The number of carboxylic acids is 2. The topological polar surface area (TPSA) is 192 Å².